The number of para-hydroxylation sites is 2. The van der Waals surface area contributed by atoms with Crippen molar-refractivity contribution in [3.63, 3.8) is 0 Å². The summed E-state index contributed by atoms with van der Waals surface area (Å²) < 4.78 is 1.04. The van der Waals surface area contributed by atoms with Crippen LogP contribution in [0.2, 0.25) is 0 Å². The number of amides is 1. The summed E-state index contributed by atoms with van der Waals surface area (Å²) in [6.45, 7) is 1.70. The van der Waals surface area contributed by atoms with Gasteiger partial charge in [0.15, 0.2) is 10.8 Å². The second-order valence-corrected chi connectivity index (χ2v) is 6.79. The molecule has 3 N–H and O–H groups in total. The molecule has 2 aromatic carbocycles. The zero-order valence-corrected chi connectivity index (χ0v) is 14.6. The van der Waals surface area contributed by atoms with Crippen molar-refractivity contribution in [1.82, 2.24) is 9.97 Å². The van der Waals surface area contributed by atoms with Crippen LogP contribution in [0.25, 0.3) is 21.1 Å². The summed E-state index contributed by atoms with van der Waals surface area (Å²) in [5.74, 6) is -0.566. The Morgan fingerprint density at radius 2 is 2.00 bits per heavy atom. The van der Waals surface area contributed by atoms with Gasteiger partial charge in [-0.25, -0.2) is 4.98 Å². The summed E-state index contributed by atoms with van der Waals surface area (Å²) in [7, 11) is 0. The third kappa shape index (κ3) is 3.02. The summed E-state index contributed by atoms with van der Waals surface area (Å²) in [4.78, 5) is 19.5. The van der Waals surface area contributed by atoms with E-state index in [1.54, 1.807) is 13.0 Å². The summed E-state index contributed by atoms with van der Waals surface area (Å²) >= 11 is 1.47. The molecule has 8 heteroatoms. The maximum atomic E-state index is 12.3. The van der Waals surface area contributed by atoms with Crippen LogP contribution in [0.3, 0.4) is 0 Å². The normalized spacial score (nSPS) is 12.8. The van der Waals surface area contributed by atoms with E-state index in [9.17, 15) is 9.90 Å². The minimum absolute atomic E-state index is 0.116. The molecule has 26 heavy (non-hydrogen) atoms. The van der Waals surface area contributed by atoms with Crippen LogP contribution >= 0.6 is 11.3 Å². The zero-order chi connectivity index (χ0) is 18.1. The van der Waals surface area contributed by atoms with Crippen LogP contribution in [0.5, 0.6) is 5.88 Å². The maximum Gasteiger partial charge on any atom is 0.286 e. The lowest BCUT2D eigenvalue weighted by atomic mass is 10.2. The van der Waals surface area contributed by atoms with Crippen molar-refractivity contribution in [2.45, 2.75) is 13.0 Å². The van der Waals surface area contributed by atoms with E-state index in [2.05, 4.69) is 25.5 Å². The number of H-pyrrole nitrogens is 1. The van der Waals surface area contributed by atoms with Crippen molar-refractivity contribution in [2.75, 3.05) is 5.32 Å². The Kier molecular flexibility index (Phi) is 4.10. The molecule has 0 aliphatic rings. The highest BCUT2D eigenvalue weighted by Crippen LogP contribution is 2.35. The van der Waals surface area contributed by atoms with Crippen LogP contribution in [0.4, 0.5) is 10.8 Å². The number of hydrogen-bond donors (Lipinski definition) is 3. The highest BCUT2D eigenvalue weighted by Gasteiger charge is 2.16. The van der Waals surface area contributed by atoms with Gasteiger partial charge in [0, 0.05) is 5.39 Å². The average Bonchev–Trinajstić information content (AvgIpc) is 3.18. The molecule has 4 rings (SSSR count). The van der Waals surface area contributed by atoms with Gasteiger partial charge in [0.25, 0.3) is 5.91 Å². The molecule has 2 aromatic heterocycles. The van der Waals surface area contributed by atoms with Crippen LogP contribution in [-0.4, -0.2) is 27.0 Å². The SMILES string of the molecule is C[C@@H](Nc1nc2ccccc2s1)C(=O)N=Nc1c(O)[nH]c2ccccc12. The Bertz CT molecular complexity index is 1100. The number of aromatic hydroxyl groups is 1. The monoisotopic (exact) mass is 365 g/mol. The summed E-state index contributed by atoms with van der Waals surface area (Å²) in [5, 5.41) is 22.0. The predicted octanol–water partition coefficient (Wildman–Crippen LogP) is 4.59. The largest absolute Gasteiger partial charge is 0.493 e. The first kappa shape index (κ1) is 16.2. The lowest BCUT2D eigenvalue weighted by Crippen LogP contribution is -2.23. The molecule has 1 amide bonds. The van der Waals surface area contributed by atoms with Crippen LogP contribution in [-0.2, 0) is 4.79 Å². The fraction of sp³-hybridized carbons (Fsp3) is 0.111. The molecule has 1 atom stereocenters. The van der Waals surface area contributed by atoms with Gasteiger partial charge in [-0.3, -0.25) is 4.79 Å². The van der Waals surface area contributed by atoms with Crippen molar-refractivity contribution in [1.29, 1.82) is 0 Å². The lowest BCUT2D eigenvalue weighted by molar-refractivity contribution is -0.118. The molecular formula is C18H15N5O2S. The second-order valence-electron chi connectivity index (χ2n) is 5.76. The van der Waals surface area contributed by atoms with Crippen LogP contribution in [0.15, 0.2) is 58.8 Å². The number of anilines is 1. The molecule has 0 saturated heterocycles. The molecule has 0 aliphatic heterocycles. The number of carbonyl (C=O) groups excluding carboxylic acids is 1. The highest BCUT2D eigenvalue weighted by molar-refractivity contribution is 7.22. The quantitative estimate of drug-likeness (QED) is 0.460. The van der Waals surface area contributed by atoms with Gasteiger partial charge < -0.3 is 15.4 Å². The summed E-state index contributed by atoms with van der Waals surface area (Å²) in [5.41, 5.74) is 1.86. The molecule has 0 unspecified atom stereocenters. The first-order valence-electron chi connectivity index (χ1n) is 7.99. The van der Waals surface area contributed by atoms with Crippen molar-refractivity contribution < 1.29 is 9.90 Å². The number of aromatic nitrogens is 2. The molecule has 0 saturated carbocycles. The van der Waals surface area contributed by atoms with Crippen molar-refractivity contribution in [3.05, 3.63) is 48.5 Å². The standard InChI is InChI=1S/C18H15N5O2S/c1-10(19-18-21-13-8-4-5-9-14(13)26-18)16(24)23-22-15-11-6-2-3-7-12(11)20-17(15)25/h2-10,20,25H,1H3,(H,19,21)/t10-/m1/s1. The van der Waals surface area contributed by atoms with Crippen molar-refractivity contribution in [3.8, 4) is 5.88 Å². The Hall–Kier alpha value is -3.26. The average molecular weight is 365 g/mol. The van der Waals surface area contributed by atoms with E-state index in [1.165, 1.54) is 11.3 Å². The number of aromatic amines is 1. The number of hydrogen-bond acceptors (Lipinski definition) is 6. The Labute approximate surface area is 152 Å². The number of azo groups is 1. The van der Waals surface area contributed by atoms with Gasteiger partial charge in [-0.1, -0.05) is 41.7 Å². The van der Waals surface area contributed by atoms with Gasteiger partial charge in [0.2, 0.25) is 5.88 Å². The highest BCUT2D eigenvalue weighted by atomic mass is 32.1. The van der Waals surface area contributed by atoms with Gasteiger partial charge in [-0.2, -0.15) is 0 Å². The smallest absolute Gasteiger partial charge is 0.286 e. The summed E-state index contributed by atoms with van der Waals surface area (Å²) in [6.07, 6.45) is 0. The molecule has 0 radical (unpaired) electrons. The minimum Gasteiger partial charge on any atom is -0.493 e. The fourth-order valence-electron chi connectivity index (χ4n) is 2.58. The molecule has 0 aliphatic carbocycles. The van der Waals surface area contributed by atoms with E-state index in [0.717, 1.165) is 15.7 Å². The molecule has 4 aromatic rings. The van der Waals surface area contributed by atoms with Gasteiger partial charge in [-0.05, 0) is 25.1 Å². The third-order valence-corrected chi connectivity index (χ3v) is 4.88. The van der Waals surface area contributed by atoms with Crippen LogP contribution < -0.4 is 5.32 Å². The van der Waals surface area contributed by atoms with E-state index >= 15 is 0 Å². The predicted molar refractivity (Wildman–Crippen MR) is 102 cm³/mol. The number of fused-ring (bicyclic) bond motifs is 2. The molecule has 0 bridgehead atoms. The second kappa shape index (κ2) is 6.57. The number of nitrogens with zero attached hydrogens (tertiary/aromatic N) is 3. The van der Waals surface area contributed by atoms with Crippen molar-refractivity contribution in [2.24, 2.45) is 10.2 Å². The van der Waals surface area contributed by atoms with E-state index in [-0.39, 0.29) is 11.6 Å². The molecule has 7 nitrogen and oxygen atoms in total. The first-order valence-corrected chi connectivity index (χ1v) is 8.81. The minimum atomic E-state index is -0.591. The van der Waals surface area contributed by atoms with Crippen LogP contribution in [0, 0.1) is 0 Å². The number of thiazole rings is 1. The van der Waals surface area contributed by atoms with Gasteiger partial charge in [0.05, 0.1) is 15.7 Å². The zero-order valence-electron chi connectivity index (χ0n) is 13.8. The number of rotatable bonds is 4. The molecule has 0 fully saturated rings. The van der Waals surface area contributed by atoms with E-state index in [4.69, 9.17) is 0 Å². The van der Waals surface area contributed by atoms with Gasteiger partial charge >= 0.3 is 0 Å². The van der Waals surface area contributed by atoms with E-state index in [0.29, 0.717) is 10.5 Å². The number of nitrogens with one attached hydrogen (secondary N) is 2. The molecular weight excluding hydrogens is 350 g/mol. The molecule has 0 spiro atoms. The Balaban J connectivity index is 1.51. The lowest BCUT2D eigenvalue weighted by Gasteiger charge is -2.07. The third-order valence-electron chi connectivity index (χ3n) is 3.91. The Morgan fingerprint density at radius 1 is 1.23 bits per heavy atom. The molecule has 130 valence electrons. The molecule has 2 heterocycles. The number of carbonyl (C=O) groups is 1. The number of benzene rings is 2. The fourth-order valence-corrected chi connectivity index (χ4v) is 3.53. The summed E-state index contributed by atoms with van der Waals surface area (Å²) in [6, 6.07) is 14.4. The van der Waals surface area contributed by atoms with Gasteiger partial charge in [0.1, 0.15) is 6.04 Å². The van der Waals surface area contributed by atoms with E-state index in [1.807, 2.05) is 42.5 Å². The van der Waals surface area contributed by atoms with E-state index < -0.39 is 11.9 Å². The first-order chi connectivity index (χ1) is 12.6. The Morgan fingerprint density at radius 3 is 2.85 bits per heavy atom. The topological polar surface area (TPSA) is 103 Å². The maximum absolute atomic E-state index is 12.3. The van der Waals surface area contributed by atoms with Gasteiger partial charge in [-0.15, -0.1) is 10.2 Å². The van der Waals surface area contributed by atoms with Crippen molar-refractivity contribution >= 4 is 49.2 Å². The van der Waals surface area contributed by atoms with Crippen LogP contribution in [0.1, 0.15) is 6.92 Å².